The van der Waals surface area contributed by atoms with Gasteiger partial charge in [-0.3, -0.25) is 0 Å². The first kappa shape index (κ1) is 21.5. The van der Waals surface area contributed by atoms with Crippen LogP contribution < -0.4 is 0 Å². The van der Waals surface area contributed by atoms with E-state index >= 15 is 0 Å². The van der Waals surface area contributed by atoms with Gasteiger partial charge in [0.1, 0.15) is 0 Å². The molecule has 0 aliphatic rings. The molecule has 0 aliphatic heterocycles. The monoisotopic (exact) mass is 400 g/mol. The fraction of sp³-hybridized carbons (Fsp3) is 0.214. The smallest absolute Gasteiger partial charge is 0.202 e. The molecule has 3 aromatic carbocycles. The van der Waals surface area contributed by atoms with Crippen LogP contribution in [0.2, 0.25) is 0 Å². The highest BCUT2D eigenvalue weighted by atomic mass is 19.2. The van der Waals surface area contributed by atoms with Crippen molar-refractivity contribution in [2.24, 2.45) is 0 Å². The lowest BCUT2D eigenvalue weighted by Gasteiger charge is -2.04. The van der Waals surface area contributed by atoms with Gasteiger partial charge in [-0.25, -0.2) is 4.39 Å². The number of benzene rings is 3. The van der Waals surface area contributed by atoms with Gasteiger partial charge in [0, 0.05) is 11.1 Å². The van der Waals surface area contributed by atoms with Crippen LogP contribution >= 0.6 is 0 Å². The highest BCUT2D eigenvalue weighted by molar-refractivity contribution is 5.65. The summed E-state index contributed by atoms with van der Waals surface area (Å²) < 4.78 is 28.6. The van der Waals surface area contributed by atoms with Crippen molar-refractivity contribution in [3.05, 3.63) is 112 Å². The first-order valence-corrected chi connectivity index (χ1v) is 10.4. The standard InChI is InChI=1S/C28H26F2/c1-3-4-22-9-11-24(12-10-22)17-20-27(29)28(30)26-18-15-25(16-19-26)14-13-23-7-5-21(2)6-8-23/h5-12,15-16,18-19H,3-4,13-14H2,1-2H3/b28-27+. The molecule has 0 aromatic heterocycles. The number of aryl methyl sites for hydroxylation is 4. The maximum absolute atomic E-state index is 14.4. The molecule has 30 heavy (non-hydrogen) atoms. The van der Waals surface area contributed by atoms with Gasteiger partial charge in [0.15, 0.2) is 5.83 Å². The Bertz CT molecular complexity index is 1040. The van der Waals surface area contributed by atoms with Crippen molar-refractivity contribution in [2.75, 3.05) is 0 Å². The highest BCUT2D eigenvalue weighted by Crippen LogP contribution is 2.22. The molecule has 0 radical (unpaired) electrons. The minimum Gasteiger partial charge on any atom is -0.202 e. The Morgan fingerprint density at radius 3 is 1.77 bits per heavy atom. The van der Waals surface area contributed by atoms with Gasteiger partial charge in [0.2, 0.25) is 5.83 Å². The lowest BCUT2D eigenvalue weighted by atomic mass is 10.0. The minimum absolute atomic E-state index is 0.208. The molecule has 2 heteroatoms. The zero-order valence-corrected chi connectivity index (χ0v) is 17.5. The normalized spacial score (nSPS) is 11.5. The quantitative estimate of drug-likeness (QED) is 0.378. The molecular formula is C28H26F2. The van der Waals surface area contributed by atoms with Crippen molar-refractivity contribution in [2.45, 2.75) is 39.5 Å². The first-order valence-electron chi connectivity index (χ1n) is 10.4. The Kier molecular flexibility index (Phi) is 7.57. The van der Waals surface area contributed by atoms with Crippen LogP contribution in [0.3, 0.4) is 0 Å². The third-order valence-corrected chi connectivity index (χ3v) is 5.03. The van der Waals surface area contributed by atoms with Gasteiger partial charge in [-0.05, 0) is 60.9 Å². The molecule has 0 saturated carbocycles. The molecule has 0 amide bonds. The van der Waals surface area contributed by atoms with E-state index in [4.69, 9.17) is 0 Å². The Morgan fingerprint density at radius 2 is 1.20 bits per heavy atom. The average molecular weight is 401 g/mol. The van der Waals surface area contributed by atoms with Gasteiger partial charge in [0.25, 0.3) is 0 Å². The number of allylic oxidation sites excluding steroid dienone is 1. The molecule has 0 aliphatic carbocycles. The van der Waals surface area contributed by atoms with Crippen LogP contribution in [0.15, 0.2) is 78.6 Å². The molecule has 3 aromatic rings. The maximum Gasteiger partial charge on any atom is 0.209 e. The van der Waals surface area contributed by atoms with Crippen molar-refractivity contribution < 1.29 is 8.78 Å². The molecular weight excluding hydrogens is 374 g/mol. The van der Waals surface area contributed by atoms with Crippen LogP contribution in [-0.4, -0.2) is 0 Å². The Labute approximate surface area is 178 Å². The lowest BCUT2D eigenvalue weighted by Crippen LogP contribution is -1.92. The summed E-state index contributed by atoms with van der Waals surface area (Å²) in [6.07, 6.45) is 3.83. The fourth-order valence-electron chi connectivity index (χ4n) is 3.21. The number of hydrogen-bond donors (Lipinski definition) is 0. The first-order chi connectivity index (χ1) is 14.5. The second-order valence-corrected chi connectivity index (χ2v) is 7.51. The van der Waals surface area contributed by atoms with Crippen molar-refractivity contribution in [1.29, 1.82) is 0 Å². The third kappa shape index (κ3) is 6.16. The van der Waals surface area contributed by atoms with Gasteiger partial charge in [0.05, 0.1) is 0 Å². The lowest BCUT2D eigenvalue weighted by molar-refractivity contribution is 0.635. The summed E-state index contributed by atoms with van der Waals surface area (Å²) in [5.74, 6) is 3.03. The van der Waals surface area contributed by atoms with E-state index in [2.05, 4.69) is 50.0 Å². The van der Waals surface area contributed by atoms with Crippen molar-refractivity contribution in [3.63, 3.8) is 0 Å². The number of hydrogen-bond acceptors (Lipinski definition) is 0. The van der Waals surface area contributed by atoms with Crippen LogP contribution in [0.25, 0.3) is 5.83 Å². The molecule has 0 N–H and O–H groups in total. The molecule has 0 spiro atoms. The van der Waals surface area contributed by atoms with E-state index in [1.54, 1.807) is 12.1 Å². The van der Waals surface area contributed by atoms with E-state index in [9.17, 15) is 8.78 Å². The molecule has 0 saturated heterocycles. The summed E-state index contributed by atoms with van der Waals surface area (Å²) in [6.45, 7) is 4.19. The Morgan fingerprint density at radius 1 is 0.700 bits per heavy atom. The summed E-state index contributed by atoms with van der Waals surface area (Å²) in [5, 5.41) is 0. The van der Waals surface area contributed by atoms with Crippen LogP contribution in [0.1, 0.15) is 46.7 Å². The van der Waals surface area contributed by atoms with Gasteiger partial charge >= 0.3 is 0 Å². The summed E-state index contributed by atoms with van der Waals surface area (Å²) in [7, 11) is 0. The van der Waals surface area contributed by atoms with E-state index in [1.807, 2.05) is 36.4 Å². The Hall–Kier alpha value is -3.18. The second-order valence-electron chi connectivity index (χ2n) is 7.51. The largest absolute Gasteiger partial charge is 0.209 e. The molecule has 0 atom stereocenters. The minimum atomic E-state index is -1.04. The topological polar surface area (TPSA) is 0 Å². The van der Waals surface area contributed by atoms with Crippen LogP contribution in [-0.2, 0) is 19.3 Å². The van der Waals surface area contributed by atoms with E-state index in [1.165, 1.54) is 16.7 Å². The zero-order valence-electron chi connectivity index (χ0n) is 17.5. The third-order valence-electron chi connectivity index (χ3n) is 5.03. The van der Waals surface area contributed by atoms with Crippen LogP contribution in [0, 0.1) is 18.8 Å². The predicted molar refractivity (Wildman–Crippen MR) is 121 cm³/mol. The second kappa shape index (κ2) is 10.6. The predicted octanol–water partition coefficient (Wildman–Crippen LogP) is 7.39. The Balaban J connectivity index is 1.64. The van der Waals surface area contributed by atoms with Crippen LogP contribution in [0.4, 0.5) is 8.78 Å². The van der Waals surface area contributed by atoms with Gasteiger partial charge in [-0.1, -0.05) is 85.5 Å². The van der Waals surface area contributed by atoms with Gasteiger partial charge in [-0.2, -0.15) is 4.39 Å². The van der Waals surface area contributed by atoms with E-state index < -0.39 is 11.7 Å². The van der Waals surface area contributed by atoms with Crippen molar-refractivity contribution >= 4 is 5.83 Å². The fourth-order valence-corrected chi connectivity index (χ4v) is 3.21. The summed E-state index contributed by atoms with van der Waals surface area (Å²) >= 11 is 0. The van der Waals surface area contributed by atoms with Crippen molar-refractivity contribution in [1.82, 2.24) is 0 Å². The SMILES string of the molecule is CCCc1ccc(C#C/C(F)=C(\F)c2ccc(CCc3ccc(C)cc3)cc2)cc1. The van der Waals surface area contributed by atoms with Crippen LogP contribution in [0.5, 0.6) is 0 Å². The molecule has 152 valence electrons. The average Bonchev–Trinajstić information content (AvgIpc) is 2.78. The van der Waals surface area contributed by atoms with Crippen molar-refractivity contribution in [3.8, 4) is 11.8 Å². The summed E-state index contributed by atoms with van der Waals surface area (Å²) in [6, 6.07) is 23.0. The molecule has 0 heterocycles. The maximum atomic E-state index is 14.4. The molecule has 0 bridgehead atoms. The van der Waals surface area contributed by atoms with E-state index in [0.717, 1.165) is 31.2 Å². The van der Waals surface area contributed by atoms with E-state index in [-0.39, 0.29) is 5.56 Å². The molecule has 0 unspecified atom stereocenters. The number of halogens is 2. The molecule has 0 fully saturated rings. The summed E-state index contributed by atoms with van der Waals surface area (Å²) in [5.41, 5.74) is 5.69. The molecule has 0 nitrogen and oxygen atoms in total. The summed E-state index contributed by atoms with van der Waals surface area (Å²) in [4.78, 5) is 0. The zero-order chi connectivity index (χ0) is 21.3. The number of rotatable bonds is 6. The van der Waals surface area contributed by atoms with E-state index in [0.29, 0.717) is 5.56 Å². The van der Waals surface area contributed by atoms with Gasteiger partial charge < -0.3 is 0 Å². The van der Waals surface area contributed by atoms with Gasteiger partial charge in [-0.15, -0.1) is 0 Å². The molecule has 3 rings (SSSR count). The highest BCUT2D eigenvalue weighted by Gasteiger charge is 2.07.